The van der Waals surface area contributed by atoms with Crippen molar-refractivity contribution in [1.82, 2.24) is 0 Å². The number of nitrogens with zero attached hydrogens (tertiary/aromatic N) is 1. The number of aliphatic hydroxyl groups is 1. The van der Waals surface area contributed by atoms with E-state index >= 15 is 0 Å². The van der Waals surface area contributed by atoms with Crippen LogP contribution in [-0.2, 0) is 4.79 Å². The Kier molecular flexibility index (Phi) is 16.8. The molecule has 0 radical (unpaired) electrons. The largest absolute Gasteiger partial charge is 0.393 e. The lowest BCUT2D eigenvalue weighted by Gasteiger charge is -2.24. The Labute approximate surface area is 206 Å². The first kappa shape index (κ1) is 31.0. The fourth-order valence-electron chi connectivity index (χ4n) is 2.77. The van der Waals surface area contributed by atoms with E-state index in [0.717, 1.165) is 30.4 Å². The minimum atomic E-state index is -0.349. The summed E-state index contributed by atoms with van der Waals surface area (Å²) in [6.45, 7) is 17.9. The standard InChI is InChI=1S/C23H26FNO.C7H16O/c1-6-9-10-20(8-3)23(26)25(22-15-13-21(24)14-16-22)17-19(7-2)12-11-18(4)5;1-3-5-6-7(8)4-2/h6-16H,2-3,17H2,1,4-5H3;7-8H,3-6H2,1-2H3/b9-6-,19-12+,20-10+;. The fourth-order valence-corrected chi connectivity index (χ4v) is 2.77. The van der Waals surface area contributed by atoms with Crippen molar-refractivity contribution in [2.24, 2.45) is 0 Å². The molecule has 1 aromatic rings. The second-order valence-electron chi connectivity index (χ2n) is 8.11. The highest BCUT2D eigenvalue weighted by Gasteiger charge is 2.19. The number of rotatable bonds is 12. The third-order valence-electron chi connectivity index (χ3n) is 4.91. The lowest BCUT2D eigenvalue weighted by Crippen LogP contribution is -2.33. The minimum absolute atomic E-state index is 0.0463. The van der Waals surface area contributed by atoms with Gasteiger partial charge in [-0.25, -0.2) is 4.39 Å². The summed E-state index contributed by atoms with van der Waals surface area (Å²) in [4.78, 5) is 14.6. The van der Waals surface area contributed by atoms with E-state index in [1.165, 1.54) is 24.6 Å². The maximum Gasteiger partial charge on any atom is 0.258 e. The fraction of sp³-hybridized carbons (Fsp3) is 0.367. The quantitative estimate of drug-likeness (QED) is 0.251. The van der Waals surface area contributed by atoms with Gasteiger partial charge < -0.3 is 10.0 Å². The zero-order chi connectivity index (χ0) is 25.9. The van der Waals surface area contributed by atoms with Crippen molar-refractivity contribution in [3.63, 3.8) is 0 Å². The molecule has 0 aliphatic carbocycles. The van der Waals surface area contributed by atoms with Gasteiger partial charge in [0.1, 0.15) is 5.82 Å². The molecule has 34 heavy (non-hydrogen) atoms. The summed E-state index contributed by atoms with van der Waals surface area (Å²) in [6, 6.07) is 5.86. The highest BCUT2D eigenvalue weighted by atomic mass is 19.1. The zero-order valence-corrected chi connectivity index (χ0v) is 21.6. The number of amides is 1. The first-order valence-corrected chi connectivity index (χ1v) is 11.9. The number of hydrogen-bond acceptors (Lipinski definition) is 2. The lowest BCUT2D eigenvalue weighted by atomic mass is 10.1. The smallest absolute Gasteiger partial charge is 0.258 e. The highest BCUT2D eigenvalue weighted by Crippen LogP contribution is 2.20. The van der Waals surface area contributed by atoms with Gasteiger partial charge in [-0.05, 0) is 69.5 Å². The van der Waals surface area contributed by atoms with Crippen LogP contribution in [0.1, 0.15) is 60.3 Å². The van der Waals surface area contributed by atoms with E-state index < -0.39 is 0 Å². The number of anilines is 1. The maximum absolute atomic E-state index is 13.3. The van der Waals surface area contributed by atoms with Gasteiger partial charge in [0.2, 0.25) is 0 Å². The summed E-state index contributed by atoms with van der Waals surface area (Å²) in [5, 5.41) is 8.99. The molecular weight excluding hydrogens is 425 g/mol. The van der Waals surface area contributed by atoms with Crippen molar-refractivity contribution in [3.8, 4) is 0 Å². The molecule has 1 N–H and O–H groups in total. The van der Waals surface area contributed by atoms with Gasteiger partial charge in [-0.2, -0.15) is 0 Å². The molecule has 4 heteroatoms. The second-order valence-corrected chi connectivity index (χ2v) is 8.11. The Bertz CT molecular complexity index is 872. The van der Waals surface area contributed by atoms with Crippen molar-refractivity contribution < 1.29 is 14.3 Å². The maximum atomic E-state index is 13.3. The van der Waals surface area contributed by atoms with Crippen LogP contribution in [0.2, 0.25) is 0 Å². The molecule has 3 nitrogen and oxygen atoms in total. The third kappa shape index (κ3) is 12.9. The SMILES string of the molecule is C=C/C(=C\C=C(C)C)CN(C(=O)/C(C=C)=C/C=C\C)c1ccc(F)cc1.CCCCC(O)CC. The van der Waals surface area contributed by atoms with Gasteiger partial charge in [-0.3, -0.25) is 4.79 Å². The monoisotopic (exact) mass is 467 g/mol. The van der Waals surface area contributed by atoms with E-state index in [0.29, 0.717) is 17.8 Å². The molecule has 0 aliphatic rings. The number of carbonyl (C=O) groups excluding carboxylic acids is 1. The number of allylic oxidation sites excluding steroid dienone is 6. The zero-order valence-electron chi connectivity index (χ0n) is 21.6. The Hall–Kier alpha value is -2.98. The number of unbranched alkanes of at least 4 members (excludes halogenated alkanes) is 1. The van der Waals surface area contributed by atoms with Crippen molar-refractivity contribution in [3.05, 3.63) is 102 Å². The lowest BCUT2D eigenvalue weighted by molar-refractivity contribution is -0.114. The van der Waals surface area contributed by atoms with Crippen LogP contribution < -0.4 is 4.90 Å². The topological polar surface area (TPSA) is 40.5 Å². The average Bonchev–Trinajstić information content (AvgIpc) is 2.84. The Morgan fingerprint density at radius 1 is 1.09 bits per heavy atom. The van der Waals surface area contributed by atoms with Crippen LogP contribution in [0.25, 0.3) is 0 Å². The molecule has 1 atom stereocenters. The van der Waals surface area contributed by atoms with Gasteiger partial charge in [0, 0.05) is 11.3 Å². The van der Waals surface area contributed by atoms with Crippen LogP contribution in [0.5, 0.6) is 0 Å². The number of benzene rings is 1. The molecule has 1 amide bonds. The first-order chi connectivity index (χ1) is 16.2. The van der Waals surface area contributed by atoms with Gasteiger partial charge in [-0.15, -0.1) is 0 Å². The van der Waals surface area contributed by atoms with Gasteiger partial charge in [0.15, 0.2) is 0 Å². The number of hydrogen-bond donors (Lipinski definition) is 1. The van der Waals surface area contributed by atoms with Crippen LogP contribution in [0.4, 0.5) is 10.1 Å². The second kappa shape index (κ2) is 18.4. The Balaban J connectivity index is 0.00000116. The minimum Gasteiger partial charge on any atom is -0.393 e. The molecule has 1 unspecified atom stereocenters. The Morgan fingerprint density at radius 3 is 2.21 bits per heavy atom. The van der Waals surface area contributed by atoms with Crippen LogP contribution in [-0.4, -0.2) is 23.7 Å². The average molecular weight is 468 g/mol. The summed E-state index contributed by atoms with van der Waals surface area (Å²) in [7, 11) is 0. The highest BCUT2D eigenvalue weighted by molar-refractivity contribution is 6.07. The predicted molar refractivity (Wildman–Crippen MR) is 145 cm³/mol. The van der Waals surface area contributed by atoms with Gasteiger partial charge in [0.25, 0.3) is 5.91 Å². The molecule has 1 rings (SSSR count). The van der Waals surface area contributed by atoms with E-state index in [9.17, 15) is 9.18 Å². The van der Waals surface area contributed by atoms with Crippen LogP contribution in [0.3, 0.4) is 0 Å². The van der Waals surface area contributed by atoms with Crippen LogP contribution >= 0.6 is 0 Å². The molecule has 0 bridgehead atoms. The summed E-state index contributed by atoms with van der Waals surface area (Å²) in [6.07, 6.45) is 16.6. The van der Waals surface area contributed by atoms with Crippen molar-refractivity contribution in [2.45, 2.75) is 66.4 Å². The van der Waals surface area contributed by atoms with E-state index in [1.54, 1.807) is 35.3 Å². The molecule has 0 heterocycles. The number of halogens is 1. The molecule has 0 aromatic heterocycles. The van der Waals surface area contributed by atoms with Gasteiger partial charge >= 0.3 is 0 Å². The first-order valence-electron chi connectivity index (χ1n) is 11.9. The molecule has 0 saturated heterocycles. The van der Waals surface area contributed by atoms with Crippen molar-refractivity contribution in [2.75, 3.05) is 11.4 Å². The molecular formula is C30H42FNO2. The molecule has 0 fully saturated rings. The van der Waals surface area contributed by atoms with E-state index in [2.05, 4.69) is 20.1 Å². The summed E-state index contributed by atoms with van der Waals surface area (Å²) in [5.41, 5.74) is 3.08. The molecule has 0 aliphatic heterocycles. The van der Waals surface area contributed by atoms with E-state index in [-0.39, 0.29) is 17.8 Å². The molecule has 1 aromatic carbocycles. The summed E-state index contributed by atoms with van der Waals surface area (Å²) < 4.78 is 13.3. The number of aliphatic hydroxyl groups excluding tert-OH is 1. The van der Waals surface area contributed by atoms with Gasteiger partial charge in [-0.1, -0.05) is 81.9 Å². The van der Waals surface area contributed by atoms with Crippen molar-refractivity contribution in [1.29, 1.82) is 0 Å². The van der Waals surface area contributed by atoms with Crippen LogP contribution in [0, 0.1) is 5.82 Å². The summed E-state index contributed by atoms with van der Waals surface area (Å²) >= 11 is 0. The van der Waals surface area contributed by atoms with Crippen molar-refractivity contribution >= 4 is 11.6 Å². The van der Waals surface area contributed by atoms with E-state index in [1.807, 2.05) is 45.9 Å². The van der Waals surface area contributed by atoms with E-state index in [4.69, 9.17) is 5.11 Å². The molecule has 0 spiro atoms. The Morgan fingerprint density at radius 2 is 1.74 bits per heavy atom. The van der Waals surface area contributed by atoms with Crippen LogP contribution in [0.15, 0.2) is 96.7 Å². The molecule has 0 saturated carbocycles. The predicted octanol–water partition coefficient (Wildman–Crippen LogP) is 7.87. The molecule has 186 valence electrons. The third-order valence-corrected chi connectivity index (χ3v) is 4.91. The van der Waals surface area contributed by atoms with Gasteiger partial charge in [0.05, 0.1) is 12.6 Å². The number of carbonyl (C=O) groups is 1. The summed E-state index contributed by atoms with van der Waals surface area (Å²) in [5.74, 6) is -0.562. The normalized spacial score (nSPS) is 12.4.